The van der Waals surface area contributed by atoms with E-state index in [1.165, 1.54) is 0 Å². The summed E-state index contributed by atoms with van der Waals surface area (Å²) >= 11 is 0. The van der Waals surface area contributed by atoms with Crippen LogP contribution in [-0.4, -0.2) is 30.1 Å². The first kappa shape index (κ1) is 23.2. The lowest BCUT2D eigenvalue weighted by atomic mass is 9.87. The topological polar surface area (TPSA) is 96.5 Å². The Morgan fingerprint density at radius 1 is 0.964 bits per heavy atom. The van der Waals surface area contributed by atoms with Crippen molar-refractivity contribution in [2.45, 2.75) is 54.1 Å². The molecule has 0 spiro atoms. The summed E-state index contributed by atoms with van der Waals surface area (Å²) in [6, 6.07) is 6.85. The van der Waals surface area contributed by atoms with Gasteiger partial charge in [-0.1, -0.05) is 38.5 Å². The summed E-state index contributed by atoms with van der Waals surface area (Å²) in [6.07, 6.45) is 0.870. The maximum absolute atomic E-state index is 12.3. The number of allylic oxidation sites excluding steroid dienone is 1. The van der Waals surface area contributed by atoms with Crippen LogP contribution in [-0.2, 0) is 14.3 Å². The SMILES string of the molecule is C/C(=C\C(=O)Nc1ccccc1NC(=O)CNC(=O)OC(C)(C)C)C(C)(C)C. The Bertz CT molecular complexity index is 756. The van der Waals surface area contributed by atoms with Gasteiger partial charge in [0.15, 0.2) is 0 Å². The fraction of sp³-hybridized carbons (Fsp3) is 0.476. The second-order valence-electron chi connectivity index (χ2n) is 8.52. The minimum Gasteiger partial charge on any atom is -0.444 e. The van der Waals surface area contributed by atoms with Crippen LogP contribution in [0.4, 0.5) is 16.2 Å². The predicted molar refractivity (Wildman–Crippen MR) is 111 cm³/mol. The lowest BCUT2D eigenvalue weighted by molar-refractivity contribution is -0.115. The lowest BCUT2D eigenvalue weighted by Crippen LogP contribution is -2.37. The van der Waals surface area contributed by atoms with E-state index < -0.39 is 17.6 Å². The molecule has 0 unspecified atom stereocenters. The summed E-state index contributed by atoms with van der Waals surface area (Å²) in [5, 5.41) is 7.84. The molecular weight excluding hydrogens is 358 g/mol. The maximum atomic E-state index is 12.3. The second kappa shape index (κ2) is 9.39. The van der Waals surface area contributed by atoms with Crippen molar-refractivity contribution in [1.29, 1.82) is 0 Å². The van der Waals surface area contributed by atoms with Crippen LogP contribution in [0.5, 0.6) is 0 Å². The summed E-state index contributed by atoms with van der Waals surface area (Å²) in [4.78, 5) is 36.0. The van der Waals surface area contributed by atoms with Crippen molar-refractivity contribution in [3.8, 4) is 0 Å². The van der Waals surface area contributed by atoms with Crippen molar-refractivity contribution in [2.75, 3.05) is 17.2 Å². The Labute approximate surface area is 166 Å². The Balaban J connectivity index is 2.72. The fourth-order valence-corrected chi connectivity index (χ4v) is 1.94. The van der Waals surface area contributed by atoms with Crippen molar-refractivity contribution in [1.82, 2.24) is 5.32 Å². The van der Waals surface area contributed by atoms with Crippen molar-refractivity contribution in [3.05, 3.63) is 35.9 Å². The van der Waals surface area contributed by atoms with Crippen molar-refractivity contribution in [3.63, 3.8) is 0 Å². The number of hydrogen-bond acceptors (Lipinski definition) is 4. The van der Waals surface area contributed by atoms with Gasteiger partial charge in [0.25, 0.3) is 0 Å². The van der Waals surface area contributed by atoms with Crippen LogP contribution >= 0.6 is 0 Å². The molecule has 0 saturated heterocycles. The molecule has 3 N–H and O–H groups in total. The van der Waals surface area contributed by atoms with E-state index in [-0.39, 0.29) is 17.9 Å². The number of anilines is 2. The van der Waals surface area contributed by atoms with E-state index in [0.717, 1.165) is 5.57 Å². The van der Waals surface area contributed by atoms with Gasteiger partial charge in [-0.2, -0.15) is 0 Å². The molecule has 0 radical (unpaired) electrons. The first-order valence-corrected chi connectivity index (χ1v) is 9.13. The van der Waals surface area contributed by atoms with Crippen molar-refractivity contribution in [2.24, 2.45) is 5.41 Å². The number of rotatable bonds is 5. The first-order valence-electron chi connectivity index (χ1n) is 9.13. The number of amides is 3. The molecule has 7 nitrogen and oxygen atoms in total. The highest BCUT2D eigenvalue weighted by Crippen LogP contribution is 2.25. The first-order chi connectivity index (χ1) is 12.8. The number of carbonyl (C=O) groups excluding carboxylic acids is 3. The number of para-hydroxylation sites is 2. The van der Waals surface area contributed by atoms with Crippen LogP contribution in [0.25, 0.3) is 0 Å². The monoisotopic (exact) mass is 389 g/mol. The Morgan fingerprint density at radius 2 is 1.50 bits per heavy atom. The minimum atomic E-state index is -0.674. The predicted octanol–water partition coefficient (Wildman–Crippen LogP) is 4.08. The van der Waals surface area contributed by atoms with Crippen LogP contribution < -0.4 is 16.0 Å². The molecule has 1 rings (SSSR count). The van der Waals surface area contributed by atoms with E-state index in [4.69, 9.17) is 4.74 Å². The van der Waals surface area contributed by atoms with E-state index >= 15 is 0 Å². The molecule has 0 saturated carbocycles. The highest BCUT2D eigenvalue weighted by molar-refractivity contribution is 6.04. The molecule has 0 bridgehead atoms. The van der Waals surface area contributed by atoms with Crippen molar-refractivity contribution >= 4 is 29.3 Å². The van der Waals surface area contributed by atoms with Gasteiger partial charge in [0.2, 0.25) is 11.8 Å². The van der Waals surface area contributed by atoms with Crippen LogP contribution in [0.15, 0.2) is 35.9 Å². The van der Waals surface area contributed by atoms with Crippen LogP contribution in [0.3, 0.4) is 0 Å². The van der Waals surface area contributed by atoms with Gasteiger partial charge in [-0.25, -0.2) is 4.79 Å². The Morgan fingerprint density at radius 3 is 2.00 bits per heavy atom. The average molecular weight is 389 g/mol. The zero-order valence-electron chi connectivity index (χ0n) is 17.7. The van der Waals surface area contributed by atoms with Crippen LogP contribution in [0.2, 0.25) is 0 Å². The molecule has 0 atom stereocenters. The largest absolute Gasteiger partial charge is 0.444 e. The quantitative estimate of drug-likeness (QED) is 0.661. The van der Waals surface area contributed by atoms with E-state index in [9.17, 15) is 14.4 Å². The van der Waals surface area contributed by atoms with Gasteiger partial charge in [-0.05, 0) is 45.2 Å². The molecule has 154 valence electrons. The van der Waals surface area contributed by atoms with Gasteiger partial charge in [0.1, 0.15) is 12.1 Å². The van der Waals surface area contributed by atoms with Gasteiger partial charge in [-0.15, -0.1) is 0 Å². The maximum Gasteiger partial charge on any atom is 0.408 e. The zero-order chi connectivity index (χ0) is 21.5. The standard InChI is InChI=1S/C21H31N3O4/c1-14(20(2,3)4)12-17(25)23-15-10-8-9-11-16(15)24-18(26)13-22-19(27)28-21(5,6)7/h8-12H,13H2,1-7H3,(H,22,27)(H,23,25)(H,24,26)/b14-12+. The second-order valence-corrected chi connectivity index (χ2v) is 8.52. The molecule has 3 amide bonds. The van der Waals surface area contributed by atoms with Gasteiger partial charge in [0, 0.05) is 6.08 Å². The molecule has 1 aromatic carbocycles. The summed E-state index contributed by atoms with van der Waals surface area (Å²) in [5.41, 5.74) is 1.09. The molecular formula is C21H31N3O4. The number of benzene rings is 1. The van der Waals surface area contributed by atoms with E-state index in [1.54, 1.807) is 51.1 Å². The third kappa shape index (κ3) is 8.70. The summed E-state index contributed by atoms with van der Waals surface area (Å²) in [6.45, 7) is 12.9. The van der Waals surface area contributed by atoms with Gasteiger partial charge < -0.3 is 20.7 Å². The molecule has 0 aliphatic carbocycles. The third-order valence-electron chi connectivity index (χ3n) is 3.78. The zero-order valence-corrected chi connectivity index (χ0v) is 17.7. The fourth-order valence-electron chi connectivity index (χ4n) is 1.94. The summed E-state index contributed by atoms with van der Waals surface area (Å²) in [7, 11) is 0. The molecule has 0 aliphatic rings. The number of ether oxygens (including phenoxy) is 1. The molecule has 7 heteroatoms. The van der Waals surface area contributed by atoms with E-state index in [2.05, 4.69) is 16.0 Å². The van der Waals surface area contributed by atoms with Gasteiger partial charge >= 0.3 is 6.09 Å². The molecule has 28 heavy (non-hydrogen) atoms. The van der Waals surface area contributed by atoms with Crippen molar-refractivity contribution < 1.29 is 19.1 Å². The third-order valence-corrected chi connectivity index (χ3v) is 3.78. The summed E-state index contributed by atoms with van der Waals surface area (Å²) < 4.78 is 5.09. The van der Waals surface area contributed by atoms with Gasteiger partial charge in [-0.3, -0.25) is 9.59 Å². The van der Waals surface area contributed by atoms with Crippen LogP contribution in [0.1, 0.15) is 48.5 Å². The molecule has 0 fully saturated rings. The highest BCUT2D eigenvalue weighted by atomic mass is 16.6. The number of hydrogen-bond donors (Lipinski definition) is 3. The van der Waals surface area contributed by atoms with Gasteiger partial charge in [0.05, 0.1) is 11.4 Å². The summed E-state index contributed by atoms with van der Waals surface area (Å²) in [5.74, 6) is -0.713. The molecule has 0 aromatic heterocycles. The number of carbonyl (C=O) groups is 3. The number of alkyl carbamates (subject to hydrolysis) is 1. The Hall–Kier alpha value is -2.83. The smallest absolute Gasteiger partial charge is 0.408 e. The number of nitrogens with one attached hydrogen (secondary N) is 3. The molecule has 0 aliphatic heterocycles. The van der Waals surface area contributed by atoms with Crippen LogP contribution in [0, 0.1) is 5.41 Å². The normalized spacial score (nSPS) is 12.2. The molecule has 0 heterocycles. The average Bonchev–Trinajstić information content (AvgIpc) is 2.52. The van der Waals surface area contributed by atoms with E-state index in [0.29, 0.717) is 11.4 Å². The minimum absolute atomic E-state index is 0.113. The highest BCUT2D eigenvalue weighted by Gasteiger charge is 2.17. The van der Waals surface area contributed by atoms with E-state index in [1.807, 2.05) is 27.7 Å². The molecule has 1 aromatic rings. The lowest BCUT2D eigenvalue weighted by Gasteiger charge is -2.20. The Kier molecular flexibility index (Phi) is 7.78.